The number of benzene rings is 2. The van der Waals surface area contributed by atoms with E-state index in [1.807, 2.05) is 25.1 Å². The summed E-state index contributed by atoms with van der Waals surface area (Å²) < 4.78 is 14.5. The maximum Gasteiger partial charge on any atom is 0.354 e. The molecule has 2 aromatic carbocycles. The molecule has 0 amide bonds. The van der Waals surface area contributed by atoms with Gasteiger partial charge in [0.2, 0.25) is 0 Å². The number of hydrogen-bond donors (Lipinski definition) is 1. The number of nitrogens with zero attached hydrogens (tertiary/aromatic N) is 2. The second kappa shape index (κ2) is 4.45. The van der Waals surface area contributed by atoms with E-state index in [1.165, 1.54) is 28.8 Å². The van der Waals surface area contributed by atoms with Crippen LogP contribution >= 0.6 is 0 Å². The molecule has 0 saturated heterocycles. The third kappa shape index (κ3) is 1.93. The van der Waals surface area contributed by atoms with Gasteiger partial charge in [0.05, 0.1) is 11.2 Å². The van der Waals surface area contributed by atoms with E-state index in [-0.39, 0.29) is 11.6 Å². The van der Waals surface area contributed by atoms with Crippen molar-refractivity contribution in [2.45, 2.75) is 6.92 Å². The summed E-state index contributed by atoms with van der Waals surface area (Å²) in [5.74, 6) is -0.158. The number of hydrogen-bond acceptors (Lipinski definition) is 3. The van der Waals surface area contributed by atoms with Crippen LogP contribution in [0.2, 0.25) is 0 Å². The van der Waals surface area contributed by atoms with Crippen LogP contribution in [0.15, 0.2) is 47.3 Å². The average Bonchev–Trinajstić information content (AvgIpc) is 2.40. The van der Waals surface area contributed by atoms with E-state index in [4.69, 9.17) is 5.73 Å². The Morgan fingerprint density at radius 2 is 1.85 bits per heavy atom. The number of nitrogens with two attached hydrogens (primary N) is 1. The first kappa shape index (κ1) is 12.3. The molecule has 0 unspecified atom stereocenters. The van der Waals surface area contributed by atoms with Crippen LogP contribution < -0.4 is 11.4 Å². The number of aromatic nitrogens is 2. The van der Waals surface area contributed by atoms with Crippen molar-refractivity contribution >= 4 is 16.7 Å². The number of nitrogen functional groups attached to an aromatic ring is 1. The van der Waals surface area contributed by atoms with Gasteiger partial charge in [-0.3, -0.25) is 4.57 Å². The highest BCUT2D eigenvalue weighted by Gasteiger charge is 2.10. The molecule has 0 fully saturated rings. The van der Waals surface area contributed by atoms with Crippen LogP contribution in [0.1, 0.15) is 5.56 Å². The summed E-state index contributed by atoms with van der Waals surface area (Å²) in [6.45, 7) is 1.93. The summed E-state index contributed by atoms with van der Waals surface area (Å²) in [5, 5.41) is 0.694. The Labute approximate surface area is 114 Å². The van der Waals surface area contributed by atoms with Crippen molar-refractivity contribution in [1.82, 2.24) is 9.55 Å². The molecule has 0 aliphatic rings. The van der Waals surface area contributed by atoms with Crippen molar-refractivity contribution in [1.29, 1.82) is 0 Å². The summed E-state index contributed by atoms with van der Waals surface area (Å²) in [6, 6.07) is 11.3. The van der Waals surface area contributed by atoms with Gasteiger partial charge in [0, 0.05) is 5.39 Å². The number of halogens is 1. The van der Waals surface area contributed by atoms with Crippen LogP contribution in [-0.4, -0.2) is 9.55 Å². The quantitative estimate of drug-likeness (QED) is 0.738. The van der Waals surface area contributed by atoms with Gasteiger partial charge in [-0.05, 0) is 48.9 Å². The fraction of sp³-hybridized carbons (Fsp3) is 0.0667. The molecule has 0 bridgehead atoms. The second-order valence-corrected chi connectivity index (χ2v) is 4.61. The lowest BCUT2D eigenvalue weighted by atomic mass is 10.1. The van der Waals surface area contributed by atoms with Gasteiger partial charge >= 0.3 is 5.69 Å². The molecule has 0 spiro atoms. The average molecular weight is 269 g/mol. The standard InChI is InChI=1S/C15H12FN3O/c1-9-2-7-12-13(8-9)19(15(20)18-14(12)17)11-5-3-10(16)4-6-11/h2-8H,1H3,(H2,17,18,20). The van der Waals surface area contributed by atoms with Crippen LogP contribution in [-0.2, 0) is 0 Å². The van der Waals surface area contributed by atoms with Crippen LogP contribution in [0.4, 0.5) is 10.2 Å². The molecule has 20 heavy (non-hydrogen) atoms. The Morgan fingerprint density at radius 3 is 2.55 bits per heavy atom. The van der Waals surface area contributed by atoms with Crippen molar-refractivity contribution in [3.05, 3.63) is 64.3 Å². The van der Waals surface area contributed by atoms with Gasteiger partial charge in [-0.25, -0.2) is 9.18 Å². The first-order valence-corrected chi connectivity index (χ1v) is 6.11. The third-order valence-electron chi connectivity index (χ3n) is 3.16. The van der Waals surface area contributed by atoms with E-state index in [1.54, 1.807) is 0 Å². The lowest BCUT2D eigenvalue weighted by molar-refractivity contribution is 0.627. The molecule has 4 nitrogen and oxygen atoms in total. The Balaban J connectivity index is 2.42. The molecule has 1 aromatic heterocycles. The Bertz CT molecular complexity index is 853. The first-order valence-electron chi connectivity index (χ1n) is 6.11. The molecule has 2 N–H and O–H groups in total. The number of rotatable bonds is 1. The molecule has 0 aliphatic heterocycles. The van der Waals surface area contributed by atoms with Gasteiger partial charge in [-0.1, -0.05) is 6.07 Å². The summed E-state index contributed by atoms with van der Waals surface area (Å²) in [6.07, 6.45) is 0. The zero-order chi connectivity index (χ0) is 14.3. The predicted octanol–water partition coefficient (Wildman–Crippen LogP) is 2.42. The van der Waals surface area contributed by atoms with Gasteiger partial charge in [-0.15, -0.1) is 0 Å². The normalized spacial score (nSPS) is 10.9. The highest BCUT2D eigenvalue weighted by atomic mass is 19.1. The van der Waals surface area contributed by atoms with Crippen LogP contribution in [0.3, 0.4) is 0 Å². The summed E-state index contributed by atoms with van der Waals surface area (Å²) in [7, 11) is 0. The lowest BCUT2D eigenvalue weighted by Crippen LogP contribution is -2.23. The summed E-state index contributed by atoms with van der Waals surface area (Å²) in [4.78, 5) is 16.0. The van der Waals surface area contributed by atoms with E-state index in [2.05, 4.69) is 4.98 Å². The van der Waals surface area contributed by atoms with Crippen LogP contribution in [0, 0.1) is 12.7 Å². The Kier molecular flexibility index (Phi) is 2.75. The summed E-state index contributed by atoms with van der Waals surface area (Å²) in [5.41, 5.74) is 7.53. The van der Waals surface area contributed by atoms with E-state index in [9.17, 15) is 9.18 Å². The first-order chi connectivity index (χ1) is 9.56. The molecule has 100 valence electrons. The van der Waals surface area contributed by atoms with E-state index < -0.39 is 5.69 Å². The third-order valence-corrected chi connectivity index (χ3v) is 3.16. The highest BCUT2D eigenvalue weighted by Crippen LogP contribution is 2.21. The van der Waals surface area contributed by atoms with E-state index in [0.717, 1.165) is 5.56 Å². The van der Waals surface area contributed by atoms with E-state index >= 15 is 0 Å². The van der Waals surface area contributed by atoms with Crippen LogP contribution in [0.25, 0.3) is 16.6 Å². The molecule has 5 heteroatoms. The molecular weight excluding hydrogens is 257 g/mol. The van der Waals surface area contributed by atoms with Gasteiger partial charge in [0.25, 0.3) is 0 Å². The molecule has 0 saturated carbocycles. The molecule has 3 aromatic rings. The molecule has 3 rings (SSSR count). The van der Waals surface area contributed by atoms with Crippen molar-refractivity contribution in [3.63, 3.8) is 0 Å². The fourth-order valence-corrected chi connectivity index (χ4v) is 2.20. The highest BCUT2D eigenvalue weighted by molar-refractivity contribution is 5.89. The zero-order valence-electron chi connectivity index (χ0n) is 10.8. The monoisotopic (exact) mass is 269 g/mol. The number of fused-ring (bicyclic) bond motifs is 1. The molecule has 0 aliphatic carbocycles. The van der Waals surface area contributed by atoms with Gasteiger partial charge in [0.15, 0.2) is 0 Å². The minimum Gasteiger partial charge on any atom is -0.383 e. The SMILES string of the molecule is Cc1ccc2c(N)nc(=O)n(-c3ccc(F)cc3)c2c1. The van der Waals surface area contributed by atoms with Gasteiger partial charge in [-0.2, -0.15) is 4.98 Å². The zero-order valence-corrected chi connectivity index (χ0v) is 10.8. The molecule has 0 atom stereocenters. The molecule has 0 radical (unpaired) electrons. The Morgan fingerprint density at radius 1 is 1.15 bits per heavy atom. The number of aryl methyl sites for hydroxylation is 1. The molecule has 1 heterocycles. The second-order valence-electron chi connectivity index (χ2n) is 4.61. The maximum absolute atomic E-state index is 13.0. The summed E-state index contributed by atoms with van der Waals surface area (Å²) >= 11 is 0. The molecular formula is C15H12FN3O. The van der Waals surface area contributed by atoms with Crippen molar-refractivity contribution in [2.24, 2.45) is 0 Å². The Hall–Kier alpha value is -2.69. The smallest absolute Gasteiger partial charge is 0.354 e. The van der Waals surface area contributed by atoms with Crippen molar-refractivity contribution in [3.8, 4) is 5.69 Å². The van der Waals surface area contributed by atoms with Gasteiger partial charge in [0.1, 0.15) is 11.6 Å². The van der Waals surface area contributed by atoms with Gasteiger partial charge < -0.3 is 5.73 Å². The minimum absolute atomic E-state index is 0.198. The van der Waals surface area contributed by atoms with Crippen LogP contribution in [0.5, 0.6) is 0 Å². The topological polar surface area (TPSA) is 60.9 Å². The maximum atomic E-state index is 13.0. The van der Waals surface area contributed by atoms with Crippen molar-refractivity contribution in [2.75, 3.05) is 5.73 Å². The minimum atomic E-state index is -0.479. The largest absolute Gasteiger partial charge is 0.383 e. The number of anilines is 1. The fourth-order valence-electron chi connectivity index (χ4n) is 2.20. The van der Waals surface area contributed by atoms with E-state index in [0.29, 0.717) is 16.6 Å². The lowest BCUT2D eigenvalue weighted by Gasteiger charge is -2.11. The predicted molar refractivity (Wildman–Crippen MR) is 76.4 cm³/mol. The van der Waals surface area contributed by atoms with Crippen molar-refractivity contribution < 1.29 is 4.39 Å².